The number of carbonyl (C=O) groups excluding carboxylic acids is 1. The molecule has 2 aliphatic rings. The van der Waals surface area contributed by atoms with E-state index in [0.717, 1.165) is 37.7 Å². The second-order valence-electron chi connectivity index (χ2n) is 5.82. The molecule has 0 bridgehead atoms. The Hall–Kier alpha value is -1.86. The van der Waals surface area contributed by atoms with Gasteiger partial charge >= 0.3 is 0 Å². The first kappa shape index (κ1) is 16.0. The van der Waals surface area contributed by atoms with Crippen LogP contribution in [-0.2, 0) is 19.4 Å². The summed E-state index contributed by atoms with van der Waals surface area (Å²) in [7, 11) is -3.11. The molecule has 1 aromatic carbocycles. The van der Waals surface area contributed by atoms with Crippen molar-refractivity contribution in [2.75, 3.05) is 42.3 Å². The van der Waals surface area contributed by atoms with Crippen LogP contribution in [0.1, 0.15) is 6.42 Å². The molecule has 0 aromatic heterocycles. The normalized spacial score (nSPS) is 23.0. The molecular formula is C16H20N2O4S. The largest absolute Gasteiger partial charge is 0.378 e. The summed E-state index contributed by atoms with van der Waals surface area (Å²) >= 11 is 0. The van der Waals surface area contributed by atoms with Crippen LogP contribution in [0.3, 0.4) is 0 Å². The van der Waals surface area contributed by atoms with E-state index >= 15 is 0 Å². The Balaban J connectivity index is 1.53. The van der Waals surface area contributed by atoms with Crippen molar-refractivity contribution in [2.45, 2.75) is 6.42 Å². The van der Waals surface area contributed by atoms with Gasteiger partial charge in [-0.25, -0.2) is 8.42 Å². The number of rotatable bonds is 4. The highest BCUT2D eigenvalue weighted by atomic mass is 32.2. The van der Waals surface area contributed by atoms with Gasteiger partial charge in [-0.3, -0.25) is 4.79 Å². The average molecular weight is 336 g/mol. The minimum absolute atomic E-state index is 0.0242. The maximum absolute atomic E-state index is 12.0. The number of carbonyl (C=O) groups is 1. The molecule has 1 saturated heterocycles. The molecule has 2 aliphatic heterocycles. The number of hydrogen-bond donors (Lipinski definition) is 1. The molecule has 0 spiro atoms. The van der Waals surface area contributed by atoms with Crippen molar-refractivity contribution in [1.29, 1.82) is 0 Å². The summed E-state index contributed by atoms with van der Waals surface area (Å²) in [6.07, 6.45) is 1.78. The molecule has 1 unspecified atom stereocenters. The van der Waals surface area contributed by atoms with Crippen molar-refractivity contribution >= 4 is 27.1 Å². The molecule has 1 fully saturated rings. The monoisotopic (exact) mass is 336 g/mol. The van der Waals surface area contributed by atoms with Crippen molar-refractivity contribution in [2.24, 2.45) is 5.92 Å². The molecule has 1 amide bonds. The van der Waals surface area contributed by atoms with Crippen LogP contribution in [0, 0.1) is 5.92 Å². The van der Waals surface area contributed by atoms with E-state index in [4.69, 9.17) is 4.74 Å². The van der Waals surface area contributed by atoms with Crippen LogP contribution in [0.5, 0.6) is 0 Å². The van der Waals surface area contributed by atoms with Crippen molar-refractivity contribution in [3.8, 4) is 0 Å². The lowest BCUT2D eigenvalue weighted by Crippen LogP contribution is -2.36. The number of sulfone groups is 1. The van der Waals surface area contributed by atoms with Gasteiger partial charge in [-0.2, -0.15) is 0 Å². The predicted molar refractivity (Wildman–Crippen MR) is 89.1 cm³/mol. The Morgan fingerprint density at radius 1 is 1.22 bits per heavy atom. The van der Waals surface area contributed by atoms with Gasteiger partial charge in [0.1, 0.15) is 0 Å². The Kier molecular flexibility index (Phi) is 4.68. The smallest absolute Gasteiger partial charge is 0.224 e. The minimum atomic E-state index is -3.11. The molecule has 1 atom stereocenters. The average Bonchev–Trinajstić information content (AvgIpc) is 2.87. The Morgan fingerprint density at radius 3 is 2.52 bits per heavy atom. The molecule has 7 heteroatoms. The fraction of sp³-hybridized carbons (Fsp3) is 0.438. The number of hydrogen-bond acceptors (Lipinski definition) is 5. The standard InChI is InChI=1S/C16H20N2O4S/c19-16(11-13-5-10-23(20,21)12-13)17-14-1-3-15(4-2-14)18-6-8-22-9-7-18/h1-5,10,13H,6-9,11-12H2,(H,17,19). The minimum Gasteiger partial charge on any atom is -0.378 e. The summed E-state index contributed by atoms with van der Waals surface area (Å²) in [5.74, 6) is -0.375. The first-order valence-electron chi connectivity index (χ1n) is 7.65. The van der Waals surface area contributed by atoms with Crippen LogP contribution < -0.4 is 10.2 Å². The topological polar surface area (TPSA) is 75.7 Å². The zero-order valence-electron chi connectivity index (χ0n) is 12.8. The van der Waals surface area contributed by atoms with Crippen molar-refractivity contribution in [3.63, 3.8) is 0 Å². The van der Waals surface area contributed by atoms with Crippen molar-refractivity contribution in [3.05, 3.63) is 35.7 Å². The number of nitrogens with zero attached hydrogens (tertiary/aromatic N) is 1. The summed E-state index contributed by atoms with van der Waals surface area (Å²) in [6.45, 7) is 3.20. The summed E-state index contributed by atoms with van der Waals surface area (Å²) < 4.78 is 28.0. The molecule has 3 rings (SSSR count). The highest BCUT2D eigenvalue weighted by Gasteiger charge is 2.23. The number of allylic oxidation sites excluding steroid dienone is 1. The molecule has 124 valence electrons. The molecule has 0 saturated carbocycles. The molecule has 23 heavy (non-hydrogen) atoms. The van der Waals surface area contributed by atoms with Gasteiger partial charge in [-0.15, -0.1) is 0 Å². The first-order valence-corrected chi connectivity index (χ1v) is 9.37. The van der Waals surface area contributed by atoms with E-state index in [1.807, 2.05) is 24.3 Å². The van der Waals surface area contributed by atoms with Crippen LogP contribution in [0.2, 0.25) is 0 Å². The van der Waals surface area contributed by atoms with E-state index in [9.17, 15) is 13.2 Å². The van der Waals surface area contributed by atoms with E-state index in [-0.39, 0.29) is 24.0 Å². The zero-order valence-corrected chi connectivity index (χ0v) is 13.6. The summed E-state index contributed by atoms with van der Waals surface area (Å²) in [5, 5.41) is 4.01. The SMILES string of the molecule is O=C(CC1C=CS(=O)(=O)C1)Nc1ccc(N2CCOCC2)cc1. The van der Waals surface area contributed by atoms with E-state index in [1.54, 1.807) is 6.08 Å². The molecule has 2 heterocycles. The van der Waals surface area contributed by atoms with Gasteiger partial charge in [0.15, 0.2) is 9.84 Å². The van der Waals surface area contributed by atoms with Crippen LogP contribution in [0.15, 0.2) is 35.7 Å². The number of benzene rings is 1. The van der Waals surface area contributed by atoms with Gasteiger partial charge < -0.3 is 15.0 Å². The number of anilines is 2. The maximum atomic E-state index is 12.0. The van der Waals surface area contributed by atoms with Crippen LogP contribution >= 0.6 is 0 Å². The lowest BCUT2D eigenvalue weighted by Gasteiger charge is -2.28. The molecular weight excluding hydrogens is 316 g/mol. The fourth-order valence-corrected chi connectivity index (χ4v) is 4.19. The molecule has 1 N–H and O–H groups in total. The highest BCUT2D eigenvalue weighted by molar-refractivity contribution is 7.94. The molecule has 6 nitrogen and oxygen atoms in total. The maximum Gasteiger partial charge on any atom is 0.224 e. The van der Waals surface area contributed by atoms with Crippen LogP contribution in [-0.4, -0.2) is 46.4 Å². The van der Waals surface area contributed by atoms with Crippen molar-refractivity contribution in [1.82, 2.24) is 0 Å². The Labute approximate surface area is 136 Å². The third-order valence-corrected chi connectivity index (χ3v) is 5.44. The molecule has 0 aliphatic carbocycles. The summed E-state index contributed by atoms with van der Waals surface area (Å²) in [4.78, 5) is 14.2. The van der Waals surface area contributed by atoms with Crippen LogP contribution in [0.25, 0.3) is 0 Å². The second kappa shape index (κ2) is 6.72. The Bertz CT molecular complexity index is 691. The van der Waals surface area contributed by atoms with E-state index < -0.39 is 9.84 Å². The number of morpholine rings is 1. The number of amides is 1. The second-order valence-corrected chi connectivity index (χ2v) is 7.75. The van der Waals surface area contributed by atoms with Gasteiger partial charge in [-0.1, -0.05) is 6.08 Å². The summed E-state index contributed by atoms with van der Waals surface area (Å²) in [6, 6.07) is 7.68. The summed E-state index contributed by atoms with van der Waals surface area (Å²) in [5.41, 5.74) is 1.83. The Morgan fingerprint density at radius 2 is 1.91 bits per heavy atom. The highest BCUT2D eigenvalue weighted by Crippen LogP contribution is 2.21. The van der Waals surface area contributed by atoms with Crippen LogP contribution in [0.4, 0.5) is 11.4 Å². The van der Waals surface area contributed by atoms with Gasteiger partial charge in [0.2, 0.25) is 5.91 Å². The molecule has 0 radical (unpaired) electrons. The number of nitrogens with one attached hydrogen (secondary N) is 1. The van der Waals surface area contributed by atoms with Gasteiger partial charge in [0.25, 0.3) is 0 Å². The third-order valence-electron chi connectivity index (χ3n) is 3.98. The fourth-order valence-electron chi connectivity index (χ4n) is 2.79. The quantitative estimate of drug-likeness (QED) is 0.900. The lowest BCUT2D eigenvalue weighted by molar-refractivity contribution is -0.116. The number of ether oxygens (including phenoxy) is 1. The molecule has 1 aromatic rings. The van der Waals surface area contributed by atoms with E-state index in [0.29, 0.717) is 0 Å². The lowest BCUT2D eigenvalue weighted by atomic mass is 10.1. The predicted octanol–water partition coefficient (Wildman–Crippen LogP) is 1.41. The van der Waals surface area contributed by atoms with Gasteiger partial charge in [-0.05, 0) is 24.3 Å². The van der Waals surface area contributed by atoms with Crippen molar-refractivity contribution < 1.29 is 17.9 Å². The zero-order chi connectivity index (χ0) is 16.3. The third kappa shape index (κ3) is 4.33. The first-order chi connectivity index (χ1) is 11.0. The van der Waals surface area contributed by atoms with E-state index in [2.05, 4.69) is 10.2 Å². The van der Waals surface area contributed by atoms with Gasteiger partial charge in [0.05, 0.1) is 19.0 Å². The van der Waals surface area contributed by atoms with E-state index in [1.165, 1.54) is 5.41 Å². The van der Waals surface area contributed by atoms with Gasteiger partial charge in [0, 0.05) is 42.2 Å².